The van der Waals surface area contributed by atoms with Gasteiger partial charge in [0.1, 0.15) is 0 Å². The van der Waals surface area contributed by atoms with Crippen LogP contribution in [0.15, 0.2) is 24.3 Å². The van der Waals surface area contributed by atoms with E-state index in [0.29, 0.717) is 11.6 Å². The molecular weight excluding hydrogens is 288 g/mol. The van der Waals surface area contributed by atoms with Gasteiger partial charge in [0.2, 0.25) is 5.91 Å². The lowest BCUT2D eigenvalue weighted by molar-refractivity contribution is -0.119. The van der Waals surface area contributed by atoms with Gasteiger partial charge >= 0.3 is 0 Å². The van der Waals surface area contributed by atoms with Crippen molar-refractivity contribution in [3.8, 4) is 0 Å². The number of carbonyl (C=O) groups is 2. The van der Waals surface area contributed by atoms with Crippen LogP contribution in [0.4, 0.5) is 5.69 Å². The van der Waals surface area contributed by atoms with E-state index in [9.17, 15) is 9.59 Å². The van der Waals surface area contributed by atoms with Crippen molar-refractivity contribution in [3.05, 3.63) is 29.8 Å². The SMILES string of the molecule is O=C(NC1CCCCC1)c1ccc(NC(=O)C2CCCC2)cc1. The van der Waals surface area contributed by atoms with Crippen molar-refractivity contribution in [3.63, 3.8) is 0 Å². The second-order valence-electron chi connectivity index (χ2n) is 6.86. The number of amides is 2. The van der Waals surface area contributed by atoms with Crippen molar-refractivity contribution in [1.82, 2.24) is 5.32 Å². The van der Waals surface area contributed by atoms with Crippen LogP contribution in [0, 0.1) is 5.92 Å². The van der Waals surface area contributed by atoms with E-state index in [0.717, 1.165) is 44.2 Å². The Kier molecular flexibility index (Phi) is 5.31. The molecule has 1 aromatic carbocycles. The van der Waals surface area contributed by atoms with Gasteiger partial charge in [-0.25, -0.2) is 0 Å². The summed E-state index contributed by atoms with van der Waals surface area (Å²) in [6.45, 7) is 0. The van der Waals surface area contributed by atoms with Crippen LogP contribution < -0.4 is 10.6 Å². The van der Waals surface area contributed by atoms with Crippen molar-refractivity contribution >= 4 is 17.5 Å². The summed E-state index contributed by atoms with van der Waals surface area (Å²) in [4.78, 5) is 24.4. The summed E-state index contributed by atoms with van der Waals surface area (Å²) in [6.07, 6.45) is 10.1. The molecular formula is C19H26N2O2. The van der Waals surface area contributed by atoms with Crippen molar-refractivity contribution in [1.29, 1.82) is 0 Å². The van der Waals surface area contributed by atoms with Crippen molar-refractivity contribution in [2.24, 2.45) is 5.92 Å². The Balaban J connectivity index is 1.53. The molecule has 0 aromatic heterocycles. The van der Waals surface area contributed by atoms with E-state index in [1.807, 2.05) is 12.1 Å². The second-order valence-corrected chi connectivity index (χ2v) is 6.86. The molecule has 0 unspecified atom stereocenters. The average Bonchev–Trinajstić information content (AvgIpc) is 3.11. The van der Waals surface area contributed by atoms with Gasteiger partial charge in [0.25, 0.3) is 5.91 Å². The Hall–Kier alpha value is -1.84. The molecule has 2 aliphatic rings. The van der Waals surface area contributed by atoms with E-state index in [2.05, 4.69) is 10.6 Å². The highest BCUT2D eigenvalue weighted by atomic mass is 16.2. The van der Waals surface area contributed by atoms with Gasteiger partial charge in [0, 0.05) is 23.2 Å². The first-order valence-electron chi connectivity index (χ1n) is 8.94. The maximum Gasteiger partial charge on any atom is 0.251 e. The van der Waals surface area contributed by atoms with Crippen LogP contribution in [0.3, 0.4) is 0 Å². The van der Waals surface area contributed by atoms with Gasteiger partial charge < -0.3 is 10.6 Å². The molecule has 1 aromatic rings. The number of benzene rings is 1. The Morgan fingerprint density at radius 3 is 2.09 bits per heavy atom. The zero-order chi connectivity index (χ0) is 16.1. The molecule has 0 spiro atoms. The minimum absolute atomic E-state index is 0.00873. The molecule has 2 amide bonds. The molecule has 0 radical (unpaired) electrons. The van der Waals surface area contributed by atoms with Crippen molar-refractivity contribution in [2.45, 2.75) is 63.8 Å². The van der Waals surface area contributed by atoms with Gasteiger partial charge in [0.15, 0.2) is 0 Å². The van der Waals surface area contributed by atoms with Crippen molar-refractivity contribution in [2.75, 3.05) is 5.32 Å². The number of anilines is 1. The Morgan fingerprint density at radius 1 is 0.826 bits per heavy atom. The summed E-state index contributed by atoms with van der Waals surface area (Å²) in [6, 6.07) is 7.55. The highest BCUT2D eigenvalue weighted by Gasteiger charge is 2.22. The number of carbonyl (C=O) groups excluding carboxylic acids is 2. The summed E-state index contributed by atoms with van der Waals surface area (Å²) >= 11 is 0. The summed E-state index contributed by atoms with van der Waals surface area (Å²) in [5, 5.41) is 6.07. The molecule has 124 valence electrons. The van der Waals surface area contributed by atoms with Crippen LogP contribution in [0.5, 0.6) is 0 Å². The standard InChI is InChI=1S/C19H26N2O2/c22-18(14-6-4-5-7-14)21-17-12-10-15(11-13-17)19(23)20-16-8-2-1-3-9-16/h10-14,16H,1-9H2,(H,20,23)(H,21,22). The summed E-state index contributed by atoms with van der Waals surface area (Å²) in [7, 11) is 0. The monoisotopic (exact) mass is 314 g/mol. The van der Waals surface area contributed by atoms with Crippen LogP contribution in [-0.2, 0) is 4.79 Å². The summed E-state index contributed by atoms with van der Waals surface area (Å²) < 4.78 is 0. The zero-order valence-corrected chi connectivity index (χ0v) is 13.6. The number of hydrogen-bond donors (Lipinski definition) is 2. The molecule has 3 rings (SSSR count). The third-order valence-corrected chi connectivity index (χ3v) is 5.08. The van der Waals surface area contributed by atoms with E-state index in [1.54, 1.807) is 12.1 Å². The predicted molar refractivity (Wildman–Crippen MR) is 91.4 cm³/mol. The zero-order valence-electron chi connectivity index (χ0n) is 13.6. The van der Waals surface area contributed by atoms with Crippen LogP contribution in [0.25, 0.3) is 0 Å². The van der Waals surface area contributed by atoms with Crippen LogP contribution in [-0.4, -0.2) is 17.9 Å². The lowest BCUT2D eigenvalue weighted by atomic mass is 9.95. The molecule has 0 aliphatic heterocycles. The van der Waals surface area contributed by atoms with Gasteiger partial charge in [-0.3, -0.25) is 9.59 Å². The first-order chi connectivity index (χ1) is 11.2. The Morgan fingerprint density at radius 2 is 1.43 bits per heavy atom. The van der Waals surface area contributed by atoms with Crippen molar-refractivity contribution < 1.29 is 9.59 Å². The molecule has 4 heteroatoms. The highest BCUT2D eigenvalue weighted by molar-refractivity contribution is 5.96. The normalized spacial score (nSPS) is 19.5. The highest BCUT2D eigenvalue weighted by Crippen LogP contribution is 2.26. The maximum atomic E-state index is 12.3. The largest absolute Gasteiger partial charge is 0.349 e. The van der Waals surface area contributed by atoms with E-state index in [1.165, 1.54) is 19.3 Å². The third kappa shape index (κ3) is 4.34. The molecule has 4 nitrogen and oxygen atoms in total. The van der Waals surface area contributed by atoms with Crippen LogP contribution in [0.1, 0.15) is 68.1 Å². The average molecular weight is 314 g/mol. The van der Waals surface area contributed by atoms with Gasteiger partial charge in [0.05, 0.1) is 0 Å². The molecule has 0 bridgehead atoms. The van der Waals surface area contributed by atoms with E-state index >= 15 is 0 Å². The van der Waals surface area contributed by atoms with E-state index < -0.39 is 0 Å². The van der Waals surface area contributed by atoms with Crippen LogP contribution in [0.2, 0.25) is 0 Å². The molecule has 0 saturated heterocycles. The minimum atomic E-state index is -0.00873. The first kappa shape index (κ1) is 16.0. The molecule has 2 N–H and O–H groups in total. The molecule has 23 heavy (non-hydrogen) atoms. The first-order valence-corrected chi connectivity index (χ1v) is 8.94. The lowest BCUT2D eigenvalue weighted by Crippen LogP contribution is -2.36. The molecule has 2 fully saturated rings. The minimum Gasteiger partial charge on any atom is -0.349 e. The number of nitrogens with one attached hydrogen (secondary N) is 2. The number of rotatable bonds is 4. The van der Waals surface area contributed by atoms with Gasteiger partial charge in [-0.2, -0.15) is 0 Å². The molecule has 0 heterocycles. The summed E-state index contributed by atoms with van der Waals surface area (Å²) in [5.74, 6) is 0.261. The number of hydrogen-bond acceptors (Lipinski definition) is 2. The fourth-order valence-electron chi connectivity index (χ4n) is 3.65. The Bertz CT molecular complexity index is 541. The molecule has 2 aliphatic carbocycles. The lowest BCUT2D eigenvalue weighted by Gasteiger charge is -2.22. The molecule has 2 saturated carbocycles. The smallest absolute Gasteiger partial charge is 0.251 e. The second kappa shape index (κ2) is 7.62. The van der Waals surface area contributed by atoms with E-state index in [-0.39, 0.29) is 17.7 Å². The van der Waals surface area contributed by atoms with E-state index in [4.69, 9.17) is 0 Å². The molecule has 0 atom stereocenters. The Labute approximate surface area is 138 Å². The van der Waals surface area contributed by atoms with Gasteiger partial charge in [-0.15, -0.1) is 0 Å². The van der Waals surface area contributed by atoms with Gasteiger partial charge in [-0.1, -0.05) is 32.1 Å². The topological polar surface area (TPSA) is 58.2 Å². The quantitative estimate of drug-likeness (QED) is 0.886. The fraction of sp³-hybridized carbons (Fsp3) is 0.579. The van der Waals surface area contributed by atoms with Crippen LogP contribution >= 0.6 is 0 Å². The maximum absolute atomic E-state index is 12.3. The fourth-order valence-corrected chi connectivity index (χ4v) is 3.65. The summed E-state index contributed by atoms with van der Waals surface area (Å²) in [5.41, 5.74) is 1.44. The van der Waals surface area contributed by atoms with Gasteiger partial charge in [-0.05, 0) is 49.9 Å². The predicted octanol–water partition coefficient (Wildman–Crippen LogP) is 3.88. The third-order valence-electron chi connectivity index (χ3n) is 5.08.